The average molecular weight is 172 g/mol. The molecule has 0 aromatic rings. The van der Waals surface area contributed by atoms with Gasteiger partial charge in [-0.15, -0.1) is 0 Å². The van der Waals surface area contributed by atoms with Crippen molar-refractivity contribution in [3.8, 4) is 0 Å². The Morgan fingerprint density at radius 2 is 1.83 bits per heavy atom. The highest BCUT2D eigenvalue weighted by atomic mass is 19.1. The molecule has 1 fully saturated rings. The summed E-state index contributed by atoms with van der Waals surface area (Å²) in [6.07, 6.45) is 6.01. The van der Waals surface area contributed by atoms with Gasteiger partial charge in [0.05, 0.1) is 0 Å². The van der Waals surface area contributed by atoms with Crippen LogP contribution in [0.4, 0.5) is 4.39 Å². The summed E-state index contributed by atoms with van der Waals surface area (Å²) in [6.45, 7) is 4.55. The molecule has 1 saturated carbocycles. The van der Waals surface area contributed by atoms with Gasteiger partial charge in [0.15, 0.2) is 0 Å². The van der Waals surface area contributed by atoms with Crippen molar-refractivity contribution < 1.29 is 4.39 Å². The Balaban J connectivity index is 2.17. The lowest BCUT2D eigenvalue weighted by atomic mass is 9.82. The molecule has 1 heteroatoms. The van der Waals surface area contributed by atoms with E-state index >= 15 is 0 Å². The van der Waals surface area contributed by atoms with E-state index in [-0.39, 0.29) is 0 Å². The van der Waals surface area contributed by atoms with Crippen LogP contribution in [0.2, 0.25) is 0 Å². The summed E-state index contributed by atoms with van der Waals surface area (Å²) in [7, 11) is 0. The van der Waals surface area contributed by atoms with Gasteiger partial charge in [0.1, 0.15) is 6.17 Å². The van der Waals surface area contributed by atoms with Gasteiger partial charge in [-0.3, -0.25) is 0 Å². The molecule has 1 atom stereocenters. The molecule has 0 bridgehead atoms. The van der Waals surface area contributed by atoms with Crippen molar-refractivity contribution in [2.45, 2.75) is 58.5 Å². The van der Waals surface area contributed by atoms with Crippen LogP contribution in [0, 0.1) is 11.8 Å². The van der Waals surface area contributed by atoms with E-state index in [4.69, 9.17) is 0 Å². The Hall–Kier alpha value is -0.0700. The summed E-state index contributed by atoms with van der Waals surface area (Å²) in [6, 6.07) is 0. The summed E-state index contributed by atoms with van der Waals surface area (Å²) in [5.41, 5.74) is 0. The first-order valence-corrected chi connectivity index (χ1v) is 5.36. The zero-order valence-corrected chi connectivity index (χ0v) is 8.35. The van der Waals surface area contributed by atoms with E-state index in [2.05, 4.69) is 13.8 Å². The molecule has 0 nitrogen and oxygen atoms in total. The lowest BCUT2D eigenvalue weighted by molar-refractivity contribution is 0.189. The first-order valence-electron chi connectivity index (χ1n) is 5.36. The fourth-order valence-electron chi connectivity index (χ4n) is 2.09. The van der Waals surface area contributed by atoms with Gasteiger partial charge in [0.25, 0.3) is 0 Å². The summed E-state index contributed by atoms with van der Waals surface area (Å²) in [4.78, 5) is 0. The van der Waals surface area contributed by atoms with Crippen molar-refractivity contribution in [1.29, 1.82) is 0 Å². The molecule has 0 heterocycles. The lowest BCUT2D eigenvalue weighted by Gasteiger charge is -2.26. The molecule has 1 aliphatic carbocycles. The maximum absolute atomic E-state index is 12.8. The second kappa shape index (κ2) is 4.84. The van der Waals surface area contributed by atoms with E-state index in [1.807, 2.05) is 0 Å². The highest BCUT2D eigenvalue weighted by Gasteiger charge is 2.21. The molecule has 1 aliphatic rings. The molecule has 0 N–H and O–H groups in total. The predicted octanol–water partition coefficient (Wildman–Crippen LogP) is 3.95. The van der Waals surface area contributed by atoms with E-state index < -0.39 is 6.17 Å². The average Bonchev–Trinajstić information content (AvgIpc) is 2.09. The van der Waals surface area contributed by atoms with Crippen molar-refractivity contribution >= 4 is 0 Å². The normalized spacial score (nSPS) is 33.2. The number of halogens is 1. The van der Waals surface area contributed by atoms with E-state index in [0.717, 1.165) is 37.5 Å². The molecule has 0 aromatic heterocycles. The minimum absolute atomic E-state index is 0.488. The van der Waals surface area contributed by atoms with Crippen molar-refractivity contribution in [1.82, 2.24) is 0 Å². The van der Waals surface area contributed by atoms with Crippen molar-refractivity contribution in [2.75, 3.05) is 0 Å². The van der Waals surface area contributed by atoms with Crippen LogP contribution in [0.15, 0.2) is 0 Å². The second-order valence-corrected chi connectivity index (χ2v) is 4.37. The Morgan fingerprint density at radius 3 is 2.33 bits per heavy atom. The quantitative estimate of drug-likeness (QED) is 0.604. The molecule has 1 rings (SSSR count). The fourth-order valence-corrected chi connectivity index (χ4v) is 2.09. The van der Waals surface area contributed by atoms with E-state index in [1.54, 1.807) is 0 Å². The van der Waals surface area contributed by atoms with Gasteiger partial charge in [-0.25, -0.2) is 4.39 Å². The molecule has 0 aliphatic heterocycles. The predicted molar refractivity (Wildman–Crippen MR) is 50.9 cm³/mol. The summed E-state index contributed by atoms with van der Waals surface area (Å²) in [5.74, 6) is 1.66. The monoisotopic (exact) mass is 172 g/mol. The Kier molecular flexibility index (Phi) is 4.03. The number of hydrogen-bond acceptors (Lipinski definition) is 0. The van der Waals surface area contributed by atoms with Gasteiger partial charge in [0, 0.05) is 0 Å². The van der Waals surface area contributed by atoms with Crippen LogP contribution in [0.5, 0.6) is 0 Å². The van der Waals surface area contributed by atoms with Gasteiger partial charge >= 0.3 is 0 Å². The van der Waals surface area contributed by atoms with Crippen molar-refractivity contribution in [3.05, 3.63) is 0 Å². The van der Waals surface area contributed by atoms with E-state index in [0.29, 0.717) is 0 Å². The minimum Gasteiger partial charge on any atom is -0.247 e. The molecule has 0 saturated heterocycles. The van der Waals surface area contributed by atoms with E-state index in [9.17, 15) is 4.39 Å². The van der Waals surface area contributed by atoms with Gasteiger partial charge in [-0.05, 0) is 43.9 Å². The number of rotatable bonds is 3. The van der Waals surface area contributed by atoms with Crippen LogP contribution < -0.4 is 0 Å². The van der Waals surface area contributed by atoms with Crippen LogP contribution in [0.1, 0.15) is 52.4 Å². The highest BCUT2D eigenvalue weighted by Crippen LogP contribution is 2.31. The zero-order chi connectivity index (χ0) is 8.97. The van der Waals surface area contributed by atoms with Crippen LogP contribution in [0.3, 0.4) is 0 Å². The fraction of sp³-hybridized carbons (Fsp3) is 1.00. The van der Waals surface area contributed by atoms with Crippen LogP contribution in [0.25, 0.3) is 0 Å². The van der Waals surface area contributed by atoms with Crippen LogP contribution in [-0.2, 0) is 0 Å². The van der Waals surface area contributed by atoms with Gasteiger partial charge in [-0.2, -0.15) is 0 Å². The molecule has 0 spiro atoms. The second-order valence-electron chi connectivity index (χ2n) is 4.37. The standard InChI is InChI=1S/C11H21F/c1-3-9(2)8-10-4-6-11(12)7-5-10/h9-11H,3-8H2,1-2H3. The Labute approximate surface area is 75.5 Å². The Morgan fingerprint density at radius 1 is 1.25 bits per heavy atom. The zero-order valence-electron chi connectivity index (χ0n) is 8.35. The van der Waals surface area contributed by atoms with E-state index in [1.165, 1.54) is 12.8 Å². The minimum atomic E-state index is -0.488. The third-order valence-corrected chi connectivity index (χ3v) is 3.21. The maximum atomic E-state index is 12.8. The molecule has 0 aromatic carbocycles. The summed E-state index contributed by atoms with van der Waals surface area (Å²) >= 11 is 0. The van der Waals surface area contributed by atoms with Crippen LogP contribution >= 0.6 is 0 Å². The van der Waals surface area contributed by atoms with Crippen molar-refractivity contribution in [3.63, 3.8) is 0 Å². The molecule has 1 unspecified atom stereocenters. The highest BCUT2D eigenvalue weighted by molar-refractivity contribution is 4.73. The van der Waals surface area contributed by atoms with Crippen LogP contribution in [-0.4, -0.2) is 6.17 Å². The largest absolute Gasteiger partial charge is 0.247 e. The molecular formula is C11H21F. The molecule has 12 heavy (non-hydrogen) atoms. The maximum Gasteiger partial charge on any atom is 0.100 e. The van der Waals surface area contributed by atoms with Gasteiger partial charge in [0.2, 0.25) is 0 Å². The van der Waals surface area contributed by atoms with Crippen molar-refractivity contribution in [2.24, 2.45) is 11.8 Å². The molecule has 72 valence electrons. The number of hydrogen-bond donors (Lipinski definition) is 0. The number of alkyl halides is 1. The molecule has 0 radical (unpaired) electrons. The summed E-state index contributed by atoms with van der Waals surface area (Å²) in [5, 5.41) is 0. The third kappa shape index (κ3) is 3.12. The topological polar surface area (TPSA) is 0 Å². The third-order valence-electron chi connectivity index (χ3n) is 3.21. The lowest BCUT2D eigenvalue weighted by Crippen LogP contribution is -2.16. The first kappa shape index (κ1) is 10.0. The van der Waals surface area contributed by atoms with Gasteiger partial charge < -0.3 is 0 Å². The Bertz CT molecular complexity index is 114. The summed E-state index contributed by atoms with van der Waals surface area (Å²) < 4.78 is 12.8. The smallest absolute Gasteiger partial charge is 0.100 e. The molecular weight excluding hydrogens is 151 g/mol. The first-order chi connectivity index (χ1) is 5.72. The SMILES string of the molecule is CCC(C)CC1CCC(F)CC1. The molecule has 0 amide bonds. The van der Waals surface area contributed by atoms with Gasteiger partial charge in [-0.1, -0.05) is 20.3 Å².